The van der Waals surface area contributed by atoms with E-state index in [9.17, 15) is 34.8 Å². The minimum absolute atomic E-state index is 0.0265. The Morgan fingerprint density at radius 3 is 2.11 bits per heavy atom. The lowest BCUT2D eigenvalue weighted by molar-refractivity contribution is -0.139. The van der Waals surface area contributed by atoms with Gasteiger partial charge in [0.05, 0.1) is 10.5 Å². The Balaban J connectivity index is 1.97. The van der Waals surface area contributed by atoms with Gasteiger partial charge in [0.1, 0.15) is 12.4 Å². The zero-order chi connectivity index (χ0) is 21.2. The second kappa shape index (κ2) is 8.19. The third kappa shape index (κ3) is 5.31. The maximum Gasteiger partial charge on any atom is 0.501 e. The summed E-state index contributed by atoms with van der Waals surface area (Å²) < 4.78 is 104. The molecule has 1 N–H and O–H groups in total. The highest BCUT2D eigenvalue weighted by Gasteiger charge is 2.46. The lowest BCUT2D eigenvalue weighted by atomic mass is 10.2. The minimum Gasteiger partial charge on any atom is -0.491 e. The van der Waals surface area contributed by atoms with Crippen LogP contribution in [0.15, 0.2) is 51.8 Å². The molecule has 0 aliphatic carbocycles. The van der Waals surface area contributed by atoms with E-state index < -0.39 is 32.0 Å². The Hall–Kier alpha value is -1.95. The first-order valence-corrected chi connectivity index (χ1v) is 9.75. The van der Waals surface area contributed by atoms with Crippen LogP contribution in [0.5, 0.6) is 5.75 Å². The third-order valence-electron chi connectivity index (χ3n) is 3.41. The van der Waals surface area contributed by atoms with E-state index in [-0.39, 0.29) is 29.1 Å². The average molecular weight is 492 g/mol. The fourth-order valence-electron chi connectivity index (χ4n) is 2.09. The van der Waals surface area contributed by atoms with E-state index in [0.29, 0.717) is 0 Å². The standard InChI is InChI=1S/C16H12BrF6NO3S/c17-10-1-6-14(13(9-10)15(18,19)20)27-8-7-24-11-2-4-12(5-3-11)28(25,26)16(21,22)23/h1-6,9,24H,7-8H2. The third-order valence-corrected chi connectivity index (χ3v) is 5.40. The van der Waals surface area contributed by atoms with Crippen LogP contribution in [0.4, 0.5) is 32.0 Å². The fraction of sp³-hybridized carbons (Fsp3) is 0.250. The van der Waals surface area contributed by atoms with Crippen molar-refractivity contribution in [2.45, 2.75) is 16.6 Å². The van der Waals surface area contributed by atoms with Gasteiger partial charge in [-0.05, 0) is 42.5 Å². The molecule has 0 spiro atoms. The van der Waals surface area contributed by atoms with Crippen LogP contribution in [-0.2, 0) is 16.0 Å². The van der Waals surface area contributed by atoms with Crippen molar-refractivity contribution in [1.82, 2.24) is 0 Å². The number of rotatable bonds is 6. The number of halogens is 7. The topological polar surface area (TPSA) is 55.4 Å². The molecule has 28 heavy (non-hydrogen) atoms. The zero-order valence-electron chi connectivity index (χ0n) is 13.7. The molecule has 0 aliphatic rings. The zero-order valence-corrected chi connectivity index (χ0v) is 16.1. The number of benzene rings is 2. The predicted octanol–water partition coefficient (Wildman–Crippen LogP) is 5.25. The van der Waals surface area contributed by atoms with E-state index >= 15 is 0 Å². The van der Waals surface area contributed by atoms with Crippen LogP contribution in [0.1, 0.15) is 5.56 Å². The number of sulfone groups is 1. The summed E-state index contributed by atoms with van der Waals surface area (Å²) in [5.41, 5.74) is -6.09. The van der Waals surface area contributed by atoms with Crippen molar-refractivity contribution in [3.63, 3.8) is 0 Å². The molecule has 0 fully saturated rings. The summed E-state index contributed by atoms with van der Waals surface area (Å²) >= 11 is 2.95. The van der Waals surface area contributed by atoms with Gasteiger partial charge in [-0.25, -0.2) is 8.42 Å². The van der Waals surface area contributed by atoms with Gasteiger partial charge in [0.25, 0.3) is 9.84 Å². The van der Waals surface area contributed by atoms with Gasteiger partial charge in [-0.2, -0.15) is 26.3 Å². The van der Waals surface area contributed by atoms with Crippen molar-refractivity contribution in [2.24, 2.45) is 0 Å². The molecule has 0 aromatic heterocycles. The quantitative estimate of drug-likeness (QED) is 0.442. The minimum atomic E-state index is -5.44. The molecule has 154 valence electrons. The summed E-state index contributed by atoms with van der Waals surface area (Å²) in [6, 6.07) is 7.20. The molecular weight excluding hydrogens is 480 g/mol. The van der Waals surface area contributed by atoms with Crippen LogP contribution < -0.4 is 10.1 Å². The number of alkyl halides is 6. The summed E-state index contributed by atoms with van der Waals surface area (Å²) in [4.78, 5) is -0.911. The Kier molecular flexibility index (Phi) is 6.54. The van der Waals surface area contributed by atoms with E-state index in [4.69, 9.17) is 4.74 Å². The lowest BCUT2D eigenvalue weighted by Crippen LogP contribution is -2.23. The molecule has 0 radical (unpaired) electrons. The molecule has 0 atom stereocenters. The molecule has 0 saturated carbocycles. The number of ether oxygens (including phenoxy) is 1. The van der Waals surface area contributed by atoms with Crippen LogP contribution in [0.25, 0.3) is 0 Å². The highest BCUT2D eigenvalue weighted by Crippen LogP contribution is 2.37. The Morgan fingerprint density at radius 2 is 1.57 bits per heavy atom. The number of hydrogen-bond donors (Lipinski definition) is 1. The van der Waals surface area contributed by atoms with Crippen LogP contribution in [0, 0.1) is 0 Å². The van der Waals surface area contributed by atoms with E-state index in [2.05, 4.69) is 21.2 Å². The van der Waals surface area contributed by atoms with Gasteiger partial charge in [0.15, 0.2) is 0 Å². The van der Waals surface area contributed by atoms with Crippen molar-refractivity contribution >= 4 is 31.5 Å². The van der Waals surface area contributed by atoms with Crippen LogP contribution >= 0.6 is 15.9 Å². The maximum absolute atomic E-state index is 13.0. The van der Waals surface area contributed by atoms with Crippen LogP contribution in [-0.4, -0.2) is 27.1 Å². The van der Waals surface area contributed by atoms with Gasteiger partial charge < -0.3 is 10.1 Å². The number of hydrogen-bond acceptors (Lipinski definition) is 4. The van der Waals surface area contributed by atoms with Gasteiger partial charge in [-0.15, -0.1) is 0 Å². The first kappa shape index (κ1) is 22.3. The van der Waals surface area contributed by atoms with E-state index in [1.165, 1.54) is 6.07 Å². The predicted molar refractivity (Wildman–Crippen MR) is 92.8 cm³/mol. The maximum atomic E-state index is 13.0. The molecule has 0 unspecified atom stereocenters. The summed E-state index contributed by atoms with van der Waals surface area (Å²) in [5.74, 6) is -0.371. The highest BCUT2D eigenvalue weighted by atomic mass is 79.9. The van der Waals surface area contributed by atoms with Crippen molar-refractivity contribution in [3.05, 3.63) is 52.5 Å². The largest absolute Gasteiger partial charge is 0.501 e. The normalized spacial score (nSPS) is 12.7. The SMILES string of the molecule is O=S(=O)(c1ccc(NCCOc2ccc(Br)cc2C(F)(F)F)cc1)C(F)(F)F. The molecule has 4 nitrogen and oxygen atoms in total. The van der Waals surface area contributed by atoms with Crippen molar-refractivity contribution < 1.29 is 39.5 Å². The average Bonchev–Trinajstić information content (AvgIpc) is 2.58. The van der Waals surface area contributed by atoms with Gasteiger partial charge in [-0.3, -0.25) is 0 Å². The molecule has 0 amide bonds. The number of nitrogens with one attached hydrogen (secondary N) is 1. The second-order valence-electron chi connectivity index (χ2n) is 5.39. The van der Waals surface area contributed by atoms with Crippen molar-refractivity contribution in [2.75, 3.05) is 18.5 Å². The van der Waals surface area contributed by atoms with Gasteiger partial charge in [-0.1, -0.05) is 15.9 Å². The first-order chi connectivity index (χ1) is 12.8. The molecule has 2 rings (SSSR count). The van der Waals surface area contributed by atoms with Crippen molar-refractivity contribution in [3.8, 4) is 5.75 Å². The summed E-state index contributed by atoms with van der Waals surface area (Å²) in [6.07, 6.45) is -4.60. The Labute approximate surface area is 164 Å². The summed E-state index contributed by atoms with van der Waals surface area (Å²) in [7, 11) is -5.44. The smallest absolute Gasteiger partial charge is 0.491 e. The Morgan fingerprint density at radius 1 is 0.964 bits per heavy atom. The van der Waals surface area contributed by atoms with Crippen LogP contribution in [0.2, 0.25) is 0 Å². The molecule has 0 bridgehead atoms. The summed E-state index contributed by atoms with van der Waals surface area (Å²) in [5, 5.41) is 2.71. The first-order valence-electron chi connectivity index (χ1n) is 7.47. The molecular formula is C16H12BrF6NO3S. The molecule has 0 heterocycles. The van der Waals surface area contributed by atoms with E-state index in [1.54, 1.807) is 0 Å². The Bertz CT molecular complexity index is 927. The van der Waals surface area contributed by atoms with E-state index in [1.807, 2.05) is 0 Å². The molecule has 2 aromatic carbocycles. The molecule has 0 aliphatic heterocycles. The highest BCUT2D eigenvalue weighted by molar-refractivity contribution is 9.10. The molecule has 12 heteroatoms. The monoisotopic (exact) mass is 491 g/mol. The van der Waals surface area contributed by atoms with E-state index in [0.717, 1.165) is 36.4 Å². The van der Waals surface area contributed by atoms with Gasteiger partial charge >= 0.3 is 11.7 Å². The number of anilines is 1. The van der Waals surface area contributed by atoms with Gasteiger partial charge in [0.2, 0.25) is 0 Å². The summed E-state index contributed by atoms with van der Waals surface area (Å²) in [6.45, 7) is -0.147. The fourth-order valence-corrected chi connectivity index (χ4v) is 3.21. The van der Waals surface area contributed by atoms with Crippen LogP contribution in [0.3, 0.4) is 0 Å². The van der Waals surface area contributed by atoms with Gasteiger partial charge in [0, 0.05) is 16.7 Å². The second-order valence-corrected chi connectivity index (χ2v) is 8.24. The van der Waals surface area contributed by atoms with Crippen molar-refractivity contribution in [1.29, 1.82) is 0 Å². The lowest BCUT2D eigenvalue weighted by Gasteiger charge is -2.15. The molecule has 2 aromatic rings. The molecule has 0 saturated heterocycles.